The number of carbonyl (C=O) groups excluding carboxylic acids is 1. The molecule has 0 radical (unpaired) electrons. The summed E-state index contributed by atoms with van der Waals surface area (Å²) in [5.41, 5.74) is 10.3. The summed E-state index contributed by atoms with van der Waals surface area (Å²) in [5.74, 6) is 0.611. The standard InChI is InChI=1S/C30H30N2O3/c1-19(2)35-28-15-26-24(14-20(28)3)11-12-25-27(22-7-9-23(10-8-22)30(33)34-4)18-32(29(25)26)17-21-6-5-13-31-16-21/h5-10,13-16,18-19H,11-12,17H2,1-4H3. The van der Waals surface area contributed by atoms with Gasteiger partial charge in [0, 0.05) is 36.3 Å². The fourth-order valence-electron chi connectivity index (χ4n) is 4.95. The molecule has 0 saturated heterocycles. The van der Waals surface area contributed by atoms with Crippen LogP contribution in [0.1, 0.15) is 46.5 Å². The fraction of sp³-hybridized carbons (Fsp3) is 0.267. The topological polar surface area (TPSA) is 53.4 Å². The lowest BCUT2D eigenvalue weighted by atomic mass is 9.86. The number of methoxy groups -OCH3 is 1. The zero-order valence-corrected chi connectivity index (χ0v) is 20.7. The number of nitrogens with zero attached hydrogens (tertiary/aromatic N) is 2. The Morgan fingerprint density at radius 2 is 1.89 bits per heavy atom. The molecule has 0 N–H and O–H groups in total. The third-order valence-electron chi connectivity index (χ3n) is 6.54. The summed E-state index contributed by atoms with van der Waals surface area (Å²) in [6.45, 7) is 6.97. The van der Waals surface area contributed by atoms with Crippen LogP contribution in [0.2, 0.25) is 0 Å². The molecule has 5 nitrogen and oxygen atoms in total. The van der Waals surface area contributed by atoms with Crippen molar-refractivity contribution in [2.45, 2.75) is 46.3 Å². The van der Waals surface area contributed by atoms with Gasteiger partial charge in [-0.05, 0) is 85.7 Å². The normalized spacial score (nSPS) is 12.3. The summed E-state index contributed by atoms with van der Waals surface area (Å²) >= 11 is 0. The van der Waals surface area contributed by atoms with E-state index in [0.29, 0.717) is 5.56 Å². The van der Waals surface area contributed by atoms with E-state index in [2.05, 4.69) is 54.7 Å². The van der Waals surface area contributed by atoms with Gasteiger partial charge in [-0.2, -0.15) is 0 Å². The van der Waals surface area contributed by atoms with E-state index in [0.717, 1.165) is 36.3 Å². The maximum absolute atomic E-state index is 11.9. The molecule has 2 aromatic carbocycles. The second kappa shape index (κ2) is 9.41. The van der Waals surface area contributed by atoms with E-state index in [-0.39, 0.29) is 12.1 Å². The predicted molar refractivity (Wildman–Crippen MR) is 138 cm³/mol. The van der Waals surface area contributed by atoms with Crippen molar-refractivity contribution < 1.29 is 14.3 Å². The lowest BCUT2D eigenvalue weighted by molar-refractivity contribution is 0.0600. The summed E-state index contributed by atoms with van der Waals surface area (Å²) in [7, 11) is 1.40. The summed E-state index contributed by atoms with van der Waals surface area (Å²) in [6, 6.07) is 16.3. The Morgan fingerprint density at radius 3 is 2.57 bits per heavy atom. The zero-order valence-electron chi connectivity index (χ0n) is 20.7. The minimum absolute atomic E-state index is 0.112. The average Bonchev–Trinajstić information content (AvgIpc) is 3.23. The van der Waals surface area contributed by atoms with Gasteiger partial charge >= 0.3 is 5.97 Å². The highest BCUT2D eigenvalue weighted by molar-refractivity contribution is 5.90. The van der Waals surface area contributed by atoms with Crippen LogP contribution in [-0.2, 0) is 24.1 Å². The largest absolute Gasteiger partial charge is 0.491 e. The highest BCUT2D eigenvalue weighted by Crippen LogP contribution is 2.43. The van der Waals surface area contributed by atoms with Crippen LogP contribution in [0, 0.1) is 6.92 Å². The lowest BCUT2D eigenvalue weighted by Crippen LogP contribution is -2.11. The van der Waals surface area contributed by atoms with Gasteiger partial charge in [0.25, 0.3) is 0 Å². The first kappa shape index (κ1) is 22.9. The van der Waals surface area contributed by atoms with E-state index < -0.39 is 0 Å². The molecule has 2 aromatic heterocycles. The van der Waals surface area contributed by atoms with Gasteiger partial charge in [-0.1, -0.05) is 24.3 Å². The van der Waals surface area contributed by atoms with Gasteiger partial charge in [-0.3, -0.25) is 4.98 Å². The lowest BCUT2D eigenvalue weighted by Gasteiger charge is -2.23. The van der Waals surface area contributed by atoms with Crippen LogP contribution in [0.3, 0.4) is 0 Å². The molecule has 0 fully saturated rings. The first-order valence-electron chi connectivity index (χ1n) is 12.0. The maximum Gasteiger partial charge on any atom is 0.337 e. The van der Waals surface area contributed by atoms with Crippen molar-refractivity contribution in [3.8, 4) is 28.1 Å². The van der Waals surface area contributed by atoms with Gasteiger partial charge in [0.2, 0.25) is 0 Å². The maximum atomic E-state index is 11.9. The van der Waals surface area contributed by atoms with Crippen LogP contribution in [0.25, 0.3) is 22.4 Å². The Kier molecular flexibility index (Phi) is 6.16. The first-order valence-corrected chi connectivity index (χ1v) is 12.0. The Bertz CT molecular complexity index is 1370. The number of hydrogen-bond donors (Lipinski definition) is 0. The van der Waals surface area contributed by atoms with Crippen LogP contribution in [0.4, 0.5) is 0 Å². The third-order valence-corrected chi connectivity index (χ3v) is 6.54. The van der Waals surface area contributed by atoms with Crippen molar-refractivity contribution in [3.63, 3.8) is 0 Å². The van der Waals surface area contributed by atoms with Crippen LogP contribution >= 0.6 is 0 Å². The van der Waals surface area contributed by atoms with Crippen molar-refractivity contribution in [1.82, 2.24) is 9.55 Å². The number of hydrogen-bond acceptors (Lipinski definition) is 4. The fourth-order valence-corrected chi connectivity index (χ4v) is 4.95. The molecule has 1 aliphatic carbocycles. The van der Waals surface area contributed by atoms with E-state index in [1.54, 1.807) is 6.20 Å². The molecule has 0 bridgehead atoms. The van der Waals surface area contributed by atoms with Crippen molar-refractivity contribution in [2.75, 3.05) is 7.11 Å². The number of fused-ring (bicyclic) bond motifs is 3. The van der Waals surface area contributed by atoms with E-state index in [4.69, 9.17) is 9.47 Å². The quantitative estimate of drug-likeness (QED) is 0.315. The van der Waals surface area contributed by atoms with E-state index in [9.17, 15) is 4.79 Å². The molecule has 1 aliphatic rings. The molecule has 0 amide bonds. The number of ether oxygens (including phenoxy) is 2. The van der Waals surface area contributed by atoms with Crippen LogP contribution in [-0.4, -0.2) is 28.7 Å². The van der Waals surface area contributed by atoms with Gasteiger partial charge in [0.1, 0.15) is 5.75 Å². The number of benzene rings is 2. The number of carbonyl (C=O) groups is 1. The van der Waals surface area contributed by atoms with Crippen molar-refractivity contribution in [3.05, 3.63) is 94.9 Å². The summed E-state index contributed by atoms with van der Waals surface area (Å²) in [6.07, 6.45) is 8.01. The molecule has 0 spiro atoms. The second-order valence-corrected chi connectivity index (χ2v) is 9.37. The zero-order chi connectivity index (χ0) is 24.5. The molecule has 4 aromatic rings. The highest BCUT2D eigenvalue weighted by atomic mass is 16.5. The Balaban J connectivity index is 1.66. The van der Waals surface area contributed by atoms with E-state index >= 15 is 0 Å². The van der Waals surface area contributed by atoms with Gasteiger partial charge in [-0.25, -0.2) is 4.79 Å². The van der Waals surface area contributed by atoms with Gasteiger partial charge in [0.15, 0.2) is 0 Å². The molecule has 0 atom stereocenters. The van der Waals surface area contributed by atoms with Crippen molar-refractivity contribution in [1.29, 1.82) is 0 Å². The smallest absolute Gasteiger partial charge is 0.337 e. The molecule has 5 heteroatoms. The number of esters is 1. The van der Waals surface area contributed by atoms with Gasteiger partial charge < -0.3 is 14.0 Å². The first-order chi connectivity index (χ1) is 16.9. The summed E-state index contributed by atoms with van der Waals surface area (Å²) in [4.78, 5) is 16.2. The Labute approximate surface area is 206 Å². The SMILES string of the molecule is COC(=O)c1ccc(-c2cn(Cc3cccnc3)c3c2CCc2cc(C)c(OC(C)C)cc2-3)cc1. The van der Waals surface area contributed by atoms with Gasteiger partial charge in [-0.15, -0.1) is 0 Å². The molecule has 178 valence electrons. The molecule has 2 heterocycles. The second-order valence-electron chi connectivity index (χ2n) is 9.37. The number of rotatable bonds is 6. The van der Waals surface area contributed by atoms with Crippen molar-refractivity contribution >= 4 is 5.97 Å². The van der Waals surface area contributed by atoms with Gasteiger partial charge in [0.05, 0.1) is 24.5 Å². The minimum Gasteiger partial charge on any atom is -0.491 e. The molecule has 0 unspecified atom stereocenters. The number of aromatic nitrogens is 2. The monoisotopic (exact) mass is 466 g/mol. The van der Waals surface area contributed by atoms with Crippen LogP contribution in [0.15, 0.2) is 67.1 Å². The third kappa shape index (κ3) is 4.46. The summed E-state index contributed by atoms with van der Waals surface area (Å²) < 4.78 is 13.4. The number of pyridine rings is 1. The summed E-state index contributed by atoms with van der Waals surface area (Å²) in [5, 5.41) is 0. The van der Waals surface area contributed by atoms with E-state index in [1.165, 1.54) is 40.6 Å². The number of aryl methyl sites for hydroxylation is 2. The molecule has 35 heavy (non-hydrogen) atoms. The Morgan fingerprint density at radius 1 is 1.09 bits per heavy atom. The molecule has 0 aliphatic heterocycles. The van der Waals surface area contributed by atoms with E-state index in [1.807, 2.05) is 36.5 Å². The van der Waals surface area contributed by atoms with Crippen molar-refractivity contribution in [2.24, 2.45) is 0 Å². The van der Waals surface area contributed by atoms with Crippen LogP contribution in [0.5, 0.6) is 5.75 Å². The minimum atomic E-state index is -0.324. The Hall–Kier alpha value is -3.86. The average molecular weight is 467 g/mol. The molecule has 0 saturated carbocycles. The molecular weight excluding hydrogens is 436 g/mol. The molecule has 5 rings (SSSR count). The highest BCUT2D eigenvalue weighted by Gasteiger charge is 2.26. The van der Waals surface area contributed by atoms with Crippen LogP contribution < -0.4 is 4.74 Å². The predicted octanol–water partition coefficient (Wildman–Crippen LogP) is 6.25. The molecular formula is C30H30N2O3.